The zero-order valence-electron chi connectivity index (χ0n) is 14.4. The molecule has 0 bridgehead atoms. The lowest BCUT2D eigenvalue weighted by Gasteiger charge is -2.33. The average molecular weight is 356 g/mol. The van der Waals surface area contributed by atoms with E-state index in [2.05, 4.69) is 20.2 Å². The summed E-state index contributed by atoms with van der Waals surface area (Å²) in [5, 5.41) is 3.83. The molecule has 0 spiro atoms. The number of likely N-dealkylation sites (tertiary alicyclic amines) is 1. The first-order valence-electron chi connectivity index (χ1n) is 7.82. The van der Waals surface area contributed by atoms with Gasteiger partial charge in [0.2, 0.25) is 5.16 Å². The molecule has 0 saturated carbocycles. The highest BCUT2D eigenvalue weighted by Gasteiger charge is 2.26. The largest absolute Gasteiger partial charge is 0.444 e. The molecule has 0 aromatic carbocycles. The van der Waals surface area contributed by atoms with Gasteiger partial charge in [-0.05, 0) is 39.7 Å². The van der Waals surface area contributed by atoms with Crippen LogP contribution in [0.2, 0.25) is 0 Å². The first-order chi connectivity index (χ1) is 11.4. The van der Waals surface area contributed by atoms with E-state index in [4.69, 9.17) is 9.07 Å². The Morgan fingerprint density at radius 2 is 2.08 bits per heavy atom. The average Bonchev–Trinajstić information content (AvgIpc) is 2.52. The molecule has 1 aromatic rings. The van der Waals surface area contributed by atoms with E-state index in [-0.39, 0.29) is 12.1 Å². The van der Waals surface area contributed by atoms with Crippen LogP contribution in [-0.4, -0.2) is 52.8 Å². The molecule has 0 aliphatic carbocycles. The van der Waals surface area contributed by atoms with Crippen molar-refractivity contribution < 1.29 is 18.8 Å². The predicted octanol–water partition coefficient (Wildman–Crippen LogP) is 2.87. The standard InChI is InChI=1S/C15H24N4O4S/c1-15(2,3)22-14(20)19-9-6-11(7-10-19)17-12-5-8-16-13(18-12)24-23-21-4/h5,8,11H,6-7,9-10H2,1-4H3,(H,16,17,18). The number of amides is 1. The van der Waals surface area contributed by atoms with Crippen LogP contribution in [0, 0.1) is 0 Å². The third-order valence-electron chi connectivity index (χ3n) is 3.31. The summed E-state index contributed by atoms with van der Waals surface area (Å²) in [6.45, 7) is 6.93. The van der Waals surface area contributed by atoms with Crippen LogP contribution >= 0.6 is 12.0 Å². The Hall–Kier alpha value is -1.58. The van der Waals surface area contributed by atoms with Crippen molar-refractivity contribution in [2.45, 2.75) is 50.4 Å². The summed E-state index contributed by atoms with van der Waals surface area (Å²) in [5.74, 6) is 0.725. The lowest BCUT2D eigenvalue weighted by Crippen LogP contribution is -2.44. The molecule has 0 atom stereocenters. The third kappa shape index (κ3) is 6.14. The van der Waals surface area contributed by atoms with Crippen molar-refractivity contribution >= 4 is 24.0 Å². The number of hydrogen-bond acceptors (Lipinski definition) is 8. The van der Waals surface area contributed by atoms with Crippen molar-refractivity contribution in [3.63, 3.8) is 0 Å². The van der Waals surface area contributed by atoms with Gasteiger partial charge in [0, 0.05) is 25.3 Å². The number of piperidine rings is 1. The van der Waals surface area contributed by atoms with Crippen molar-refractivity contribution in [2.24, 2.45) is 0 Å². The summed E-state index contributed by atoms with van der Waals surface area (Å²) in [6.07, 6.45) is 3.07. The molecule has 9 heteroatoms. The Morgan fingerprint density at radius 3 is 2.71 bits per heavy atom. The Balaban J connectivity index is 1.81. The maximum Gasteiger partial charge on any atom is 0.410 e. The number of aromatic nitrogens is 2. The number of carbonyl (C=O) groups is 1. The van der Waals surface area contributed by atoms with Crippen molar-refractivity contribution in [3.05, 3.63) is 12.3 Å². The molecule has 1 N–H and O–H groups in total. The van der Waals surface area contributed by atoms with Crippen LogP contribution < -0.4 is 5.32 Å². The van der Waals surface area contributed by atoms with E-state index in [1.165, 1.54) is 7.11 Å². The number of ether oxygens (including phenoxy) is 1. The molecule has 8 nitrogen and oxygen atoms in total. The molecule has 1 aromatic heterocycles. The molecule has 1 amide bonds. The molecule has 2 rings (SSSR count). The number of nitrogens with zero attached hydrogens (tertiary/aromatic N) is 3. The summed E-state index contributed by atoms with van der Waals surface area (Å²) in [6, 6.07) is 2.05. The fourth-order valence-electron chi connectivity index (χ4n) is 2.27. The van der Waals surface area contributed by atoms with Gasteiger partial charge >= 0.3 is 6.09 Å². The molecule has 1 aliphatic rings. The highest BCUT2D eigenvalue weighted by molar-refractivity contribution is 7.94. The molecule has 134 valence electrons. The highest BCUT2D eigenvalue weighted by Crippen LogP contribution is 2.20. The summed E-state index contributed by atoms with van der Waals surface area (Å²) in [5.41, 5.74) is -0.467. The first-order valence-corrected chi connectivity index (χ1v) is 8.56. The number of rotatable bonds is 5. The van der Waals surface area contributed by atoms with Gasteiger partial charge in [-0.25, -0.2) is 19.7 Å². The van der Waals surface area contributed by atoms with Crippen LogP contribution in [0.15, 0.2) is 17.4 Å². The van der Waals surface area contributed by atoms with Gasteiger partial charge in [-0.2, -0.15) is 4.33 Å². The van der Waals surface area contributed by atoms with Crippen LogP contribution in [0.5, 0.6) is 0 Å². The summed E-state index contributed by atoms with van der Waals surface area (Å²) in [4.78, 5) is 26.7. The molecular formula is C15H24N4O4S. The van der Waals surface area contributed by atoms with Gasteiger partial charge in [0.05, 0.1) is 7.11 Å². The molecule has 1 aliphatic heterocycles. The molecular weight excluding hydrogens is 332 g/mol. The maximum absolute atomic E-state index is 12.1. The van der Waals surface area contributed by atoms with Crippen molar-refractivity contribution in [3.8, 4) is 0 Å². The second kappa shape index (κ2) is 8.50. The highest BCUT2D eigenvalue weighted by atomic mass is 32.2. The first kappa shape index (κ1) is 18.8. The zero-order valence-corrected chi connectivity index (χ0v) is 15.3. The Kier molecular flexibility index (Phi) is 6.64. The van der Waals surface area contributed by atoms with E-state index in [1.807, 2.05) is 20.8 Å². The van der Waals surface area contributed by atoms with Crippen LogP contribution in [0.1, 0.15) is 33.6 Å². The van der Waals surface area contributed by atoms with Gasteiger partial charge in [0.15, 0.2) is 0 Å². The normalized spacial score (nSPS) is 16.1. The van der Waals surface area contributed by atoms with Crippen molar-refractivity contribution in [1.29, 1.82) is 0 Å². The van der Waals surface area contributed by atoms with Crippen molar-refractivity contribution in [1.82, 2.24) is 14.9 Å². The van der Waals surface area contributed by atoms with E-state index >= 15 is 0 Å². The molecule has 0 radical (unpaired) electrons. The van der Waals surface area contributed by atoms with Gasteiger partial charge in [-0.15, -0.1) is 0 Å². The molecule has 1 saturated heterocycles. The molecule has 2 heterocycles. The van der Waals surface area contributed by atoms with E-state index in [1.54, 1.807) is 17.2 Å². The lowest BCUT2D eigenvalue weighted by molar-refractivity contribution is -0.160. The van der Waals surface area contributed by atoms with Crippen LogP contribution in [-0.2, 0) is 14.0 Å². The van der Waals surface area contributed by atoms with Crippen LogP contribution in [0.25, 0.3) is 0 Å². The monoisotopic (exact) mass is 356 g/mol. The smallest absolute Gasteiger partial charge is 0.410 e. The minimum atomic E-state index is -0.467. The maximum atomic E-state index is 12.1. The second-order valence-electron chi connectivity index (χ2n) is 6.43. The van der Waals surface area contributed by atoms with Gasteiger partial charge in [-0.1, -0.05) is 0 Å². The van der Waals surface area contributed by atoms with Gasteiger partial charge in [0.25, 0.3) is 0 Å². The minimum absolute atomic E-state index is 0.250. The van der Waals surface area contributed by atoms with E-state index in [0.717, 1.165) is 30.7 Å². The fourth-order valence-corrected chi connectivity index (χ4v) is 2.64. The Bertz CT molecular complexity index is 545. The van der Waals surface area contributed by atoms with Gasteiger partial charge < -0.3 is 15.0 Å². The van der Waals surface area contributed by atoms with E-state index < -0.39 is 5.60 Å². The summed E-state index contributed by atoms with van der Waals surface area (Å²) < 4.78 is 10.2. The predicted molar refractivity (Wildman–Crippen MR) is 90.4 cm³/mol. The summed E-state index contributed by atoms with van der Waals surface area (Å²) >= 11 is 0.952. The minimum Gasteiger partial charge on any atom is -0.444 e. The SMILES string of the molecule is COOSc1nccc(NC2CCN(C(=O)OC(C)(C)C)CC2)n1. The van der Waals surface area contributed by atoms with E-state index in [9.17, 15) is 4.79 Å². The lowest BCUT2D eigenvalue weighted by atomic mass is 10.1. The van der Waals surface area contributed by atoms with Crippen LogP contribution in [0.3, 0.4) is 0 Å². The van der Waals surface area contributed by atoms with E-state index in [0.29, 0.717) is 18.2 Å². The summed E-state index contributed by atoms with van der Waals surface area (Å²) in [7, 11) is 1.42. The molecule has 24 heavy (non-hydrogen) atoms. The quantitative estimate of drug-likeness (QED) is 0.373. The number of nitrogens with one attached hydrogen (secondary N) is 1. The van der Waals surface area contributed by atoms with Gasteiger partial charge in [-0.3, -0.25) is 0 Å². The van der Waals surface area contributed by atoms with Crippen LogP contribution in [0.4, 0.5) is 10.6 Å². The number of anilines is 1. The Morgan fingerprint density at radius 1 is 1.38 bits per heavy atom. The molecule has 0 unspecified atom stereocenters. The topological polar surface area (TPSA) is 85.8 Å². The Labute approximate surface area is 146 Å². The third-order valence-corrected chi connectivity index (χ3v) is 3.86. The number of carbonyl (C=O) groups excluding carboxylic acids is 1. The second-order valence-corrected chi connectivity index (χ2v) is 7.10. The number of hydrogen-bond donors (Lipinski definition) is 1. The van der Waals surface area contributed by atoms with Gasteiger partial charge in [0.1, 0.15) is 23.5 Å². The molecule has 1 fully saturated rings. The fraction of sp³-hybridized carbons (Fsp3) is 0.667. The van der Waals surface area contributed by atoms with Crippen molar-refractivity contribution in [2.75, 3.05) is 25.5 Å². The zero-order chi connectivity index (χ0) is 17.6.